The molecule has 2 aliphatic rings. The Morgan fingerprint density at radius 3 is 2.24 bits per heavy atom. The van der Waals surface area contributed by atoms with E-state index >= 15 is 0 Å². The summed E-state index contributed by atoms with van der Waals surface area (Å²) in [7, 11) is 0. The highest BCUT2D eigenvalue weighted by atomic mass is 16.4. The molecule has 0 aromatic carbocycles. The van der Waals surface area contributed by atoms with E-state index in [0.29, 0.717) is 24.8 Å². The largest absolute Gasteiger partial charge is 0.480 e. The zero-order valence-corrected chi connectivity index (χ0v) is 10.4. The van der Waals surface area contributed by atoms with Crippen molar-refractivity contribution < 1.29 is 14.7 Å². The summed E-state index contributed by atoms with van der Waals surface area (Å²) in [4.78, 5) is 24.2. The van der Waals surface area contributed by atoms with Crippen LogP contribution in [0.4, 0.5) is 0 Å². The summed E-state index contributed by atoms with van der Waals surface area (Å²) in [5.41, 5.74) is 0. The summed E-state index contributed by atoms with van der Waals surface area (Å²) in [5, 5.41) is 9.12. The van der Waals surface area contributed by atoms with E-state index in [1.165, 1.54) is 32.6 Å². The summed E-state index contributed by atoms with van der Waals surface area (Å²) in [6.45, 7) is 2.13. The number of likely N-dealkylation sites (tertiary alicyclic amines) is 1. The van der Waals surface area contributed by atoms with Crippen LogP contribution in [-0.4, -0.2) is 34.5 Å². The topological polar surface area (TPSA) is 57.6 Å². The average molecular weight is 239 g/mol. The van der Waals surface area contributed by atoms with Crippen molar-refractivity contribution in [3.05, 3.63) is 0 Å². The van der Waals surface area contributed by atoms with Crippen molar-refractivity contribution in [2.45, 2.75) is 51.5 Å². The number of hydrogen-bond acceptors (Lipinski definition) is 2. The second-order valence-corrected chi connectivity index (χ2v) is 5.41. The number of carboxylic acids is 1. The number of carboxylic acid groups (broad SMARTS) is 1. The standard InChI is InChI=1S/C13H21NO3/c1-9(15)14-8-11(10-4-2-3-5-10)6-7-12(14)13(16)17/h10-12H,2-8H2,1H3,(H,16,17). The maximum atomic E-state index is 11.5. The van der Waals surface area contributed by atoms with Gasteiger partial charge in [-0.05, 0) is 24.7 Å². The highest BCUT2D eigenvalue weighted by Crippen LogP contribution is 2.37. The van der Waals surface area contributed by atoms with Gasteiger partial charge in [-0.3, -0.25) is 4.79 Å². The van der Waals surface area contributed by atoms with Crippen LogP contribution in [0.1, 0.15) is 45.4 Å². The minimum Gasteiger partial charge on any atom is -0.480 e. The summed E-state index contributed by atoms with van der Waals surface area (Å²) in [6.07, 6.45) is 6.69. The first-order chi connectivity index (χ1) is 8.09. The molecule has 2 unspecified atom stereocenters. The van der Waals surface area contributed by atoms with Gasteiger partial charge in [0.15, 0.2) is 0 Å². The molecule has 0 spiro atoms. The minimum absolute atomic E-state index is 0.0971. The Balaban J connectivity index is 2.02. The van der Waals surface area contributed by atoms with Crippen LogP contribution in [0.2, 0.25) is 0 Å². The van der Waals surface area contributed by atoms with Gasteiger partial charge in [0.1, 0.15) is 6.04 Å². The molecule has 1 heterocycles. The molecule has 0 radical (unpaired) electrons. The molecule has 2 atom stereocenters. The summed E-state index contributed by atoms with van der Waals surface area (Å²) >= 11 is 0. The van der Waals surface area contributed by atoms with Crippen molar-refractivity contribution in [3.63, 3.8) is 0 Å². The van der Waals surface area contributed by atoms with Crippen LogP contribution < -0.4 is 0 Å². The van der Waals surface area contributed by atoms with Crippen LogP contribution in [0.3, 0.4) is 0 Å². The molecular formula is C13H21NO3. The van der Waals surface area contributed by atoms with E-state index < -0.39 is 12.0 Å². The first kappa shape index (κ1) is 12.4. The summed E-state index contributed by atoms with van der Waals surface area (Å²) in [6, 6.07) is -0.592. The highest BCUT2D eigenvalue weighted by Gasteiger charge is 2.37. The SMILES string of the molecule is CC(=O)N1CC(C2CCCC2)CCC1C(=O)O. The van der Waals surface area contributed by atoms with Crippen LogP contribution in [-0.2, 0) is 9.59 Å². The first-order valence-corrected chi connectivity index (χ1v) is 6.59. The Morgan fingerprint density at radius 1 is 1.06 bits per heavy atom. The summed E-state index contributed by atoms with van der Waals surface area (Å²) < 4.78 is 0. The second kappa shape index (κ2) is 5.07. The number of carbonyl (C=O) groups excluding carboxylic acids is 1. The number of nitrogens with zero attached hydrogens (tertiary/aromatic N) is 1. The smallest absolute Gasteiger partial charge is 0.326 e. The third kappa shape index (κ3) is 2.61. The van der Waals surface area contributed by atoms with E-state index in [9.17, 15) is 9.59 Å². The number of piperidine rings is 1. The van der Waals surface area contributed by atoms with Gasteiger partial charge in [0, 0.05) is 13.5 Å². The van der Waals surface area contributed by atoms with Gasteiger partial charge < -0.3 is 10.0 Å². The zero-order valence-electron chi connectivity index (χ0n) is 10.4. The Hall–Kier alpha value is -1.06. The lowest BCUT2D eigenvalue weighted by Crippen LogP contribution is -2.50. The second-order valence-electron chi connectivity index (χ2n) is 5.41. The molecule has 0 aromatic rings. The van der Waals surface area contributed by atoms with E-state index in [1.807, 2.05) is 0 Å². The van der Waals surface area contributed by atoms with Gasteiger partial charge in [0.2, 0.25) is 5.91 Å². The lowest BCUT2D eigenvalue weighted by Gasteiger charge is -2.39. The molecule has 1 aliphatic carbocycles. The Morgan fingerprint density at radius 2 is 1.71 bits per heavy atom. The van der Waals surface area contributed by atoms with Gasteiger partial charge in [0.25, 0.3) is 0 Å². The average Bonchev–Trinajstić information content (AvgIpc) is 2.81. The predicted octanol–water partition coefficient (Wildman–Crippen LogP) is 1.89. The van der Waals surface area contributed by atoms with Crippen LogP contribution >= 0.6 is 0 Å². The van der Waals surface area contributed by atoms with Crippen molar-refractivity contribution >= 4 is 11.9 Å². The molecule has 96 valence electrons. The lowest BCUT2D eigenvalue weighted by molar-refractivity contribution is -0.152. The van der Waals surface area contributed by atoms with E-state index in [1.54, 1.807) is 4.90 Å². The highest BCUT2D eigenvalue weighted by molar-refractivity contribution is 5.82. The van der Waals surface area contributed by atoms with E-state index in [4.69, 9.17) is 5.11 Å². The van der Waals surface area contributed by atoms with Gasteiger partial charge >= 0.3 is 5.97 Å². The number of amides is 1. The molecule has 2 fully saturated rings. The Labute approximate surface area is 102 Å². The molecule has 0 bridgehead atoms. The molecule has 1 saturated carbocycles. The van der Waals surface area contributed by atoms with E-state index in [2.05, 4.69) is 0 Å². The predicted molar refractivity (Wildman–Crippen MR) is 63.5 cm³/mol. The number of aliphatic carboxylic acids is 1. The maximum Gasteiger partial charge on any atom is 0.326 e. The molecule has 1 saturated heterocycles. The molecule has 1 aliphatic heterocycles. The molecule has 1 amide bonds. The fourth-order valence-electron chi connectivity index (χ4n) is 3.42. The first-order valence-electron chi connectivity index (χ1n) is 6.59. The zero-order chi connectivity index (χ0) is 12.4. The van der Waals surface area contributed by atoms with Crippen molar-refractivity contribution in [1.29, 1.82) is 0 Å². The van der Waals surface area contributed by atoms with Crippen LogP contribution in [0, 0.1) is 11.8 Å². The van der Waals surface area contributed by atoms with Gasteiger partial charge in [-0.1, -0.05) is 25.7 Å². The molecule has 4 heteroatoms. The van der Waals surface area contributed by atoms with Crippen molar-refractivity contribution in [3.8, 4) is 0 Å². The normalized spacial score (nSPS) is 30.5. The molecule has 17 heavy (non-hydrogen) atoms. The monoisotopic (exact) mass is 239 g/mol. The number of hydrogen-bond donors (Lipinski definition) is 1. The van der Waals surface area contributed by atoms with Gasteiger partial charge in [-0.15, -0.1) is 0 Å². The minimum atomic E-state index is -0.856. The van der Waals surface area contributed by atoms with Crippen molar-refractivity contribution in [1.82, 2.24) is 4.90 Å². The summed E-state index contributed by atoms with van der Waals surface area (Å²) in [5.74, 6) is 0.286. The van der Waals surface area contributed by atoms with Gasteiger partial charge in [0.05, 0.1) is 0 Å². The van der Waals surface area contributed by atoms with Crippen molar-refractivity contribution in [2.24, 2.45) is 11.8 Å². The third-order valence-electron chi connectivity index (χ3n) is 4.37. The molecular weight excluding hydrogens is 218 g/mol. The Bertz CT molecular complexity index is 310. The lowest BCUT2D eigenvalue weighted by atomic mass is 9.82. The third-order valence-corrected chi connectivity index (χ3v) is 4.37. The number of carbonyl (C=O) groups is 2. The fourth-order valence-corrected chi connectivity index (χ4v) is 3.42. The molecule has 2 rings (SSSR count). The van der Waals surface area contributed by atoms with Crippen LogP contribution in [0.5, 0.6) is 0 Å². The molecule has 4 nitrogen and oxygen atoms in total. The van der Waals surface area contributed by atoms with Crippen molar-refractivity contribution in [2.75, 3.05) is 6.54 Å². The molecule has 1 N–H and O–H groups in total. The fraction of sp³-hybridized carbons (Fsp3) is 0.846. The van der Waals surface area contributed by atoms with E-state index in [0.717, 1.165) is 6.42 Å². The number of rotatable bonds is 2. The van der Waals surface area contributed by atoms with Crippen LogP contribution in [0.25, 0.3) is 0 Å². The van der Waals surface area contributed by atoms with Gasteiger partial charge in [-0.25, -0.2) is 4.79 Å². The van der Waals surface area contributed by atoms with E-state index in [-0.39, 0.29) is 5.91 Å². The van der Waals surface area contributed by atoms with Crippen LogP contribution in [0.15, 0.2) is 0 Å². The molecule has 0 aromatic heterocycles. The Kier molecular flexibility index (Phi) is 3.69. The van der Waals surface area contributed by atoms with Gasteiger partial charge in [-0.2, -0.15) is 0 Å². The quantitative estimate of drug-likeness (QED) is 0.800. The maximum absolute atomic E-state index is 11.5.